The lowest BCUT2D eigenvalue weighted by Crippen LogP contribution is -2.43. The fourth-order valence-electron chi connectivity index (χ4n) is 2.21. The summed E-state index contributed by atoms with van der Waals surface area (Å²) >= 11 is 0. The number of rotatable bonds is 10. The van der Waals surface area contributed by atoms with Crippen LogP contribution >= 0.6 is 0 Å². The first kappa shape index (κ1) is 27.0. The van der Waals surface area contributed by atoms with Crippen molar-refractivity contribution < 1.29 is 50.5 Å². The summed E-state index contributed by atoms with van der Waals surface area (Å²) in [6.07, 6.45) is 7.94. The largest absolute Gasteiger partial charge is 0.436 e. The number of halogens is 5. The Kier molecular flexibility index (Phi) is 11.0. The molecule has 0 aromatic heterocycles. The Morgan fingerprint density at radius 1 is 0.818 bits per heavy atom. The van der Waals surface area contributed by atoms with Gasteiger partial charge in [-0.05, 0) is 19.3 Å². The molecule has 0 aliphatic carbocycles. The summed E-state index contributed by atoms with van der Waals surface area (Å²) in [5.74, 6) is -11.2. The molecule has 0 radical (unpaired) electrons. The molecule has 0 bridgehead atoms. The number of ether oxygens (including phenoxy) is 3. The maximum absolute atomic E-state index is 13.8. The van der Waals surface area contributed by atoms with E-state index < -0.39 is 65.6 Å². The van der Waals surface area contributed by atoms with Crippen molar-refractivity contribution in [3.05, 3.63) is 29.1 Å². The average molecular weight is 476 g/mol. The Morgan fingerprint density at radius 2 is 1.33 bits per heavy atom. The van der Waals surface area contributed by atoms with Gasteiger partial charge in [0.25, 0.3) is 0 Å². The van der Waals surface area contributed by atoms with E-state index in [1.807, 2.05) is 11.2 Å². The number of hydrogen-bond donors (Lipinski definition) is 2. The SMILES string of the molecule is C#CCOC(=O)NCCCC[C@H](NC(=O)OCC#C)C(=O)Oc1c(F)c(F)c(F)c(F)c1F. The Hall–Kier alpha value is -4.00. The van der Waals surface area contributed by atoms with Gasteiger partial charge in [0.15, 0.2) is 13.2 Å². The van der Waals surface area contributed by atoms with Gasteiger partial charge in [0.1, 0.15) is 6.04 Å². The van der Waals surface area contributed by atoms with Crippen LogP contribution in [0, 0.1) is 53.8 Å². The van der Waals surface area contributed by atoms with Crippen LogP contribution in [-0.2, 0) is 14.3 Å². The zero-order valence-corrected chi connectivity index (χ0v) is 16.8. The van der Waals surface area contributed by atoms with Crippen LogP contribution in [0.5, 0.6) is 5.75 Å². The predicted octanol–water partition coefficient (Wildman–Crippen LogP) is 2.55. The van der Waals surface area contributed by atoms with Gasteiger partial charge in [0.2, 0.25) is 34.8 Å². The Balaban J connectivity index is 2.85. The summed E-state index contributed by atoms with van der Waals surface area (Å²) in [5.41, 5.74) is 0. The lowest BCUT2D eigenvalue weighted by molar-refractivity contribution is -0.137. The van der Waals surface area contributed by atoms with Gasteiger partial charge >= 0.3 is 18.2 Å². The summed E-state index contributed by atoms with van der Waals surface area (Å²) in [7, 11) is 0. The fourth-order valence-corrected chi connectivity index (χ4v) is 2.21. The van der Waals surface area contributed by atoms with Gasteiger partial charge in [0.05, 0.1) is 0 Å². The minimum absolute atomic E-state index is 0.0599. The number of unbranched alkanes of at least 4 members (excludes halogenated alkanes) is 1. The van der Waals surface area contributed by atoms with Crippen molar-refractivity contribution in [2.24, 2.45) is 0 Å². The first-order valence-corrected chi connectivity index (χ1v) is 9.07. The molecule has 1 aromatic rings. The van der Waals surface area contributed by atoms with Crippen molar-refractivity contribution in [3.8, 4) is 30.4 Å². The Morgan fingerprint density at radius 3 is 1.88 bits per heavy atom. The number of alkyl carbamates (subject to hydrolysis) is 2. The molecule has 1 aromatic carbocycles. The number of benzene rings is 1. The highest BCUT2D eigenvalue weighted by atomic mass is 19.2. The van der Waals surface area contributed by atoms with Gasteiger partial charge in [-0.2, -0.15) is 8.78 Å². The minimum atomic E-state index is -2.44. The molecule has 0 saturated heterocycles. The van der Waals surface area contributed by atoms with Gasteiger partial charge in [-0.3, -0.25) is 0 Å². The average Bonchev–Trinajstić information content (AvgIpc) is 2.80. The second-order valence-corrected chi connectivity index (χ2v) is 6.00. The van der Waals surface area contributed by atoms with E-state index in [9.17, 15) is 36.3 Å². The third-order valence-corrected chi connectivity index (χ3v) is 3.71. The molecule has 1 rings (SSSR count). The zero-order chi connectivity index (χ0) is 25.0. The van der Waals surface area contributed by atoms with Crippen molar-refractivity contribution >= 4 is 18.2 Å². The molecule has 0 aliphatic rings. The van der Waals surface area contributed by atoms with E-state index in [1.54, 1.807) is 0 Å². The van der Waals surface area contributed by atoms with E-state index >= 15 is 0 Å². The number of hydrogen-bond acceptors (Lipinski definition) is 6. The van der Waals surface area contributed by atoms with E-state index in [4.69, 9.17) is 12.8 Å². The second-order valence-electron chi connectivity index (χ2n) is 6.00. The first-order valence-electron chi connectivity index (χ1n) is 9.07. The van der Waals surface area contributed by atoms with Crippen molar-refractivity contribution in [3.63, 3.8) is 0 Å². The maximum atomic E-state index is 13.8. The quantitative estimate of drug-likeness (QED) is 0.102. The zero-order valence-electron chi connectivity index (χ0n) is 16.8. The highest BCUT2D eigenvalue weighted by molar-refractivity contribution is 5.83. The van der Waals surface area contributed by atoms with E-state index in [-0.39, 0.29) is 32.4 Å². The molecule has 0 fully saturated rings. The van der Waals surface area contributed by atoms with Gasteiger partial charge in [-0.25, -0.2) is 27.6 Å². The van der Waals surface area contributed by atoms with Gasteiger partial charge in [-0.1, -0.05) is 11.8 Å². The van der Waals surface area contributed by atoms with E-state index in [0.29, 0.717) is 0 Å². The molecule has 13 heteroatoms. The van der Waals surface area contributed by atoms with Crippen molar-refractivity contribution in [2.45, 2.75) is 25.3 Å². The van der Waals surface area contributed by atoms with Crippen LogP contribution < -0.4 is 15.4 Å². The van der Waals surface area contributed by atoms with Crippen molar-refractivity contribution in [1.29, 1.82) is 0 Å². The summed E-state index contributed by atoms with van der Waals surface area (Å²) < 4.78 is 80.7. The van der Waals surface area contributed by atoms with E-state index in [2.05, 4.69) is 25.4 Å². The topological polar surface area (TPSA) is 103 Å². The monoisotopic (exact) mass is 476 g/mol. The number of carbonyl (C=O) groups excluding carboxylic acids is 3. The molecule has 0 spiro atoms. The molecule has 0 heterocycles. The summed E-state index contributed by atoms with van der Waals surface area (Å²) in [6.45, 7) is -0.666. The van der Waals surface area contributed by atoms with Crippen LogP contribution in [0.3, 0.4) is 0 Å². The number of carbonyl (C=O) groups is 3. The summed E-state index contributed by atoms with van der Waals surface area (Å²) in [6, 6.07) is -1.63. The molecule has 1 atom stereocenters. The van der Waals surface area contributed by atoms with Gasteiger partial charge in [0, 0.05) is 6.54 Å². The molecule has 2 amide bonds. The molecule has 0 unspecified atom stereocenters. The molecule has 2 N–H and O–H groups in total. The summed E-state index contributed by atoms with van der Waals surface area (Å²) in [5, 5.41) is 4.34. The third-order valence-electron chi connectivity index (χ3n) is 3.71. The number of terminal acetylenes is 2. The third kappa shape index (κ3) is 8.22. The molecular formula is C20H17F5N2O6. The van der Waals surface area contributed by atoms with E-state index in [1.165, 1.54) is 0 Å². The molecule has 33 heavy (non-hydrogen) atoms. The lowest BCUT2D eigenvalue weighted by atomic mass is 10.1. The maximum Gasteiger partial charge on any atom is 0.408 e. The first-order chi connectivity index (χ1) is 15.6. The lowest BCUT2D eigenvalue weighted by Gasteiger charge is -2.18. The minimum Gasteiger partial charge on any atom is -0.436 e. The second kappa shape index (κ2) is 13.4. The van der Waals surface area contributed by atoms with Crippen LogP contribution in [0.1, 0.15) is 19.3 Å². The highest BCUT2D eigenvalue weighted by Gasteiger charge is 2.31. The molecular weight excluding hydrogens is 459 g/mol. The number of nitrogens with one attached hydrogen (secondary N) is 2. The van der Waals surface area contributed by atoms with Gasteiger partial charge < -0.3 is 24.8 Å². The van der Waals surface area contributed by atoms with Gasteiger partial charge in [-0.15, -0.1) is 12.8 Å². The van der Waals surface area contributed by atoms with E-state index in [0.717, 1.165) is 0 Å². The van der Waals surface area contributed by atoms with Crippen molar-refractivity contribution in [1.82, 2.24) is 10.6 Å². The standard InChI is InChI=1S/C20H17F5N2O6/c1-3-9-31-19(29)26-8-6-5-7-11(27-20(30)32-10-4-2)18(28)33-17-15(24)13(22)12(21)14(23)16(17)25/h1-2,11H,5-10H2,(H,26,29)(H,27,30)/t11-/m0/s1. The van der Waals surface area contributed by atoms with Crippen molar-refractivity contribution in [2.75, 3.05) is 19.8 Å². The van der Waals surface area contributed by atoms with Crippen LogP contribution in [0.2, 0.25) is 0 Å². The molecule has 0 saturated carbocycles. The molecule has 0 aliphatic heterocycles. The summed E-state index contributed by atoms with van der Waals surface area (Å²) in [4.78, 5) is 35.2. The molecule has 178 valence electrons. The van der Waals surface area contributed by atoms with Crippen LogP contribution in [-0.4, -0.2) is 44.0 Å². The normalized spacial score (nSPS) is 10.9. The Labute approximate surface area is 184 Å². The molecule has 8 nitrogen and oxygen atoms in total. The van der Waals surface area contributed by atoms with Crippen LogP contribution in [0.15, 0.2) is 0 Å². The Bertz CT molecular complexity index is 944. The number of esters is 1. The van der Waals surface area contributed by atoms with Crippen LogP contribution in [0.25, 0.3) is 0 Å². The van der Waals surface area contributed by atoms with Crippen LogP contribution in [0.4, 0.5) is 31.5 Å². The highest BCUT2D eigenvalue weighted by Crippen LogP contribution is 2.29. The smallest absolute Gasteiger partial charge is 0.408 e. The fraction of sp³-hybridized carbons (Fsp3) is 0.350. The predicted molar refractivity (Wildman–Crippen MR) is 101 cm³/mol. The number of amides is 2.